The lowest BCUT2D eigenvalue weighted by Gasteiger charge is -2.27. The number of rotatable bonds is 5. The zero-order chi connectivity index (χ0) is 10.6. The third kappa shape index (κ3) is 2.71. The predicted octanol–water partition coefficient (Wildman–Crippen LogP) is 2.24. The summed E-state index contributed by atoms with van der Waals surface area (Å²) in [6.45, 7) is 10.5. The van der Waals surface area contributed by atoms with E-state index in [1.54, 1.807) is 0 Å². The number of likely N-dealkylation sites (tertiary alicyclic amines) is 1. The molecule has 0 aromatic rings. The van der Waals surface area contributed by atoms with Crippen molar-refractivity contribution in [1.82, 2.24) is 4.90 Å². The Kier molecular flexibility index (Phi) is 4.39. The van der Waals surface area contributed by atoms with E-state index in [2.05, 4.69) is 25.7 Å². The molecule has 2 heteroatoms. The van der Waals surface area contributed by atoms with Crippen LogP contribution in [0.3, 0.4) is 0 Å². The lowest BCUT2D eigenvalue weighted by atomic mass is 9.82. The Morgan fingerprint density at radius 1 is 1.29 bits per heavy atom. The van der Waals surface area contributed by atoms with Gasteiger partial charge in [-0.05, 0) is 37.6 Å². The zero-order valence-electron chi connectivity index (χ0n) is 10.1. The summed E-state index contributed by atoms with van der Waals surface area (Å²) in [6.07, 6.45) is 5.11. The lowest BCUT2D eigenvalue weighted by molar-refractivity contribution is 0.232. The van der Waals surface area contributed by atoms with Gasteiger partial charge < -0.3 is 10.6 Å². The van der Waals surface area contributed by atoms with Crippen molar-refractivity contribution in [3.8, 4) is 0 Å². The summed E-state index contributed by atoms with van der Waals surface area (Å²) in [5, 5.41) is 0. The van der Waals surface area contributed by atoms with Gasteiger partial charge in [-0.2, -0.15) is 0 Å². The lowest BCUT2D eigenvalue weighted by Crippen LogP contribution is -2.37. The molecule has 2 N–H and O–H groups in total. The van der Waals surface area contributed by atoms with E-state index in [1.165, 1.54) is 32.4 Å². The maximum atomic E-state index is 5.98. The molecule has 1 heterocycles. The van der Waals surface area contributed by atoms with Crippen LogP contribution in [0, 0.1) is 5.41 Å². The Hall–Kier alpha value is -0.0800. The van der Waals surface area contributed by atoms with E-state index in [0.717, 1.165) is 13.0 Å². The van der Waals surface area contributed by atoms with E-state index >= 15 is 0 Å². The molecule has 1 atom stereocenters. The SMILES string of the molecule is CCC(N)CN1CCC(CC)(CC)C1. The minimum Gasteiger partial charge on any atom is -0.327 e. The van der Waals surface area contributed by atoms with E-state index in [1.807, 2.05) is 0 Å². The highest BCUT2D eigenvalue weighted by Crippen LogP contribution is 2.36. The number of hydrogen-bond acceptors (Lipinski definition) is 2. The largest absolute Gasteiger partial charge is 0.327 e. The molecule has 1 fully saturated rings. The van der Waals surface area contributed by atoms with Crippen molar-refractivity contribution in [2.45, 2.75) is 52.5 Å². The molecular formula is C12H26N2. The standard InChI is InChI=1S/C12H26N2/c1-4-11(13)9-14-8-7-12(5-2,6-3)10-14/h11H,4-10,13H2,1-3H3. The summed E-state index contributed by atoms with van der Waals surface area (Å²) in [5.41, 5.74) is 6.59. The number of nitrogens with zero attached hydrogens (tertiary/aromatic N) is 1. The van der Waals surface area contributed by atoms with E-state index < -0.39 is 0 Å². The molecule has 0 spiro atoms. The summed E-state index contributed by atoms with van der Waals surface area (Å²) in [5.74, 6) is 0. The van der Waals surface area contributed by atoms with Crippen molar-refractivity contribution < 1.29 is 0 Å². The third-order valence-electron chi connectivity index (χ3n) is 4.03. The Morgan fingerprint density at radius 2 is 1.93 bits per heavy atom. The molecule has 0 aliphatic carbocycles. The zero-order valence-corrected chi connectivity index (χ0v) is 10.1. The topological polar surface area (TPSA) is 29.3 Å². The first kappa shape index (κ1) is 12.0. The second-order valence-corrected chi connectivity index (χ2v) is 4.86. The van der Waals surface area contributed by atoms with Crippen LogP contribution >= 0.6 is 0 Å². The fourth-order valence-corrected chi connectivity index (χ4v) is 2.47. The molecule has 0 radical (unpaired) electrons. The summed E-state index contributed by atoms with van der Waals surface area (Å²) in [7, 11) is 0. The van der Waals surface area contributed by atoms with Crippen LogP contribution in [0.2, 0.25) is 0 Å². The van der Waals surface area contributed by atoms with Gasteiger partial charge in [0.25, 0.3) is 0 Å². The van der Waals surface area contributed by atoms with Gasteiger partial charge in [0, 0.05) is 19.1 Å². The molecule has 0 aromatic carbocycles. The maximum absolute atomic E-state index is 5.98. The van der Waals surface area contributed by atoms with Gasteiger partial charge in [-0.3, -0.25) is 0 Å². The highest BCUT2D eigenvalue weighted by molar-refractivity contribution is 4.88. The van der Waals surface area contributed by atoms with Crippen LogP contribution in [0.25, 0.3) is 0 Å². The molecule has 1 aliphatic heterocycles. The van der Waals surface area contributed by atoms with Gasteiger partial charge in [-0.15, -0.1) is 0 Å². The molecule has 1 saturated heterocycles. The van der Waals surface area contributed by atoms with Crippen LogP contribution in [0.15, 0.2) is 0 Å². The normalized spacial score (nSPS) is 24.0. The van der Waals surface area contributed by atoms with Crippen LogP contribution in [0.5, 0.6) is 0 Å². The Labute approximate surface area is 88.8 Å². The average molecular weight is 198 g/mol. The van der Waals surface area contributed by atoms with Crippen molar-refractivity contribution in [2.24, 2.45) is 11.1 Å². The van der Waals surface area contributed by atoms with Crippen LogP contribution in [-0.2, 0) is 0 Å². The Bertz CT molecular complexity index is 164. The molecule has 1 unspecified atom stereocenters. The van der Waals surface area contributed by atoms with Crippen LogP contribution in [0.1, 0.15) is 46.5 Å². The average Bonchev–Trinajstić information content (AvgIpc) is 2.62. The molecule has 14 heavy (non-hydrogen) atoms. The summed E-state index contributed by atoms with van der Waals surface area (Å²) >= 11 is 0. The highest BCUT2D eigenvalue weighted by atomic mass is 15.2. The summed E-state index contributed by atoms with van der Waals surface area (Å²) in [4.78, 5) is 2.56. The van der Waals surface area contributed by atoms with Crippen molar-refractivity contribution in [1.29, 1.82) is 0 Å². The Morgan fingerprint density at radius 3 is 2.36 bits per heavy atom. The van der Waals surface area contributed by atoms with Crippen molar-refractivity contribution in [2.75, 3.05) is 19.6 Å². The van der Waals surface area contributed by atoms with Crippen molar-refractivity contribution in [3.63, 3.8) is 0 Å². The van der Waals surface area contributed by atoms with Gasteiger partial charge in [-0.1, -0.05) is 20.8 Å². The molecule has 1 rings (SSSR count). The molecule has 0 aromatic heterocycles. The van der Waals surface area contributed by atoms with Crippen LogP contribution in [0.4, 0.5) is 0 Å². The van der Waals surface area contributed by atoms with E-state index in [4.69, 9.17) is 5.73 Å². The fourth-order valence-electron chi connectivity index (χ4n) is 2.47. The van der Waals surface area contributed by atoms with Gasteiger partial charge in [0.05, 0.1) is 0 Å². The predicted molar refractivity (Wildman–Crippen MR) is 62.3 cm³/mol. The molecule has 84 valence electrons. The number of nitrogens with two attached hydrogens (primary N) is 1. The fraction of sp³-hybridized carbons (Fsp3) is 1.00. The van der Waals surface area contributed by atoms with Crippen LogP contribution in [-0.4, -0.2) is 30.6 Å². The highest BCUT2D eigenvalue weighted by Gasteiger charge is 2.34. The minimum atomic E-state index is 0.375. The van der Waals surface area contributed by atoms with Gasteiger partial charge in [-0.25, -0.2) is 0 Å². The monoisotopic (exact) mass is 198 g/mol. The Balaban J connectivity index is 2.40. The summed E-state index contributed by atoms with van der Waals surface area (Å²) in [6, 6.07) is 0.375. The van der Waals surface area contributed by atoms with Gasteiger partial charge >= 0.3 is 0 Å². The van der Waals surface area contributed by atoms with E-state index in [9.17, 15) is 0 Å². The van der Waals surface area contributed by atoms with Crippen molar-refractivity contribution in [3.05, 3.63) is 0 Å². The van der Waals surface area contributed by atoms with Crippen molar-refractivity contribution >= 4 is 0 Å². The van der Waals surface area contributed by atoms with E-state index in [-0.39, 0.29) is 0 Å². The quantitative estimate of drug-likeness (QED) is 0.734. The van der Waals surface area contributed by atoms with Gasteiger partial charge in [0.1, 0.15) is 0 Å². The smallest absolute Gasteiger partial charge is 0.0165 e. The van der Waals surface area contributed by atoms with Crippen LogP contribution < -0.4 is 5.73 Å². The van der Waals surface area contributed by atoms with Gasteiger partial charge in [0.15, 0.2) is 0 Å². The van der Waals surface area contributed by atoms with Gasteiger partial charge in [0.2, 0.25) is 0 Å². The third-order valence-corrected chi connectivity index (χ3v) is 4.03. The molecule has 0 saturated carbocycles. The second-order valence-electron chi connectivity index (χ2n) is 4.86. The number of hydrogen-bond donors (Lipinski definition) is 1. The first-order valence-electron chi connectivity index (χ1n) is 6.13. The molecule has 1 aliphatic rings. The second kappa shape index (κ2) is 5.13. The first-order chi connectivity index (χ1) is 6.65. The molecule has 0 bridgehead atoms. The first-order valence-corrected chi connectivity index (χ1v) is 6.13. The summed E-state index contributed by atoms with van der Waals surface area (Å²) < 4.78 is 0. The van der Waals surface area contributed by atoms with E-state index in [0.29, 0.717) is 11.5 Å². The maximum Gasteiger partial charge on any atom is 0.0165 e. The molecule has 2 nitrogen and oxygen atoms in total. The molecule has 0 amide bonds. The molecular weight excluding hydrogens is 172 g/mol. The minimum absolute atomic E-state index is 0.375.